The van der Waals surface area contributed by atoms with Gasteiger partial charge >= 0.3 is 0 Å². The summed E-state index contributed by atoms with van der Waals surface area (Å²) in [6, 6.07) is 0. The fourth-order valence-electron chi connectivity index (χ4n) is 0.846. The van der Waals surface area contributed by atoms with Gasteiger partial charge in [-0.05, 0) is 33.6 Å². The van der Waals surface area contributed by atoms with Gasteiger partial charge in [-0.1, -0.05) is 23.3 Å². The molecule has 0 rings (SSSR count). The third kappa shape index (κ3) is 19.5. The summed E-state index contributed by atoms with van der Waals surface area (Å²) in [6.45, 7) is 6.06. The highest BCUT2D eigenvalue weighted by Gasteiger charge is 1.86. The predicted octanol–water partition coefficient (Wildman–Crippen LogP) is 1.85. The van der Waals surface area contributed by atoms with E-state index in [1.165, 1.54) is 11.1 Å². The van der Waals surface area contributed by atoms with Crippen LogP contribution >= 0.6 is 0 Å². The van der Waals surface area contributed by atoms with Crippen LogP contribution in [0.15, 0.2) is 23.3 Å². The molecule has 3 nitrogen and oxygen atoms in total. The Morgan fingerprint density at radius 2 is 1.60 bits per heavy atom. The van der Waals surface area contributed by atoms with Crippen molar-refractivity contribution in [3.05, 3.63) is 23.3 Å². The molecule has 3 heteroatoms. The molecule has 0 bridgehead atoms. The summed E-state index contributed by atoms with van der Waals surface area (Å²) < 4.78 is 0. The van der Waals surface area contributed by atoms with Crippen LogP contribution < -0.4 is 0 Å². The van der Waals surface area contributed by atoms with Crippen molar-refractivity contribution >= 4 is 6.29 Å². The standard InChI is InChI=1S/C10H18O.C2H4O2/c1-9(2)5-4-6-10(3)7-8-11;3-1-2-4/h5,7,11H,4,6,8H2,1-3H3;1,4H,2H2/b10-7+;. The molecule has 0 fully saturated rings. The first-order chi connectivity index (χ1) is 7.08. The molecule has 0 aromatic heterocycles. The molecule has 0 aromatic rings. The first kappa shape index (κ1) is 16.5. The Balaban J connectivity index is 0. The molecule has 0 aliphatic rings. The maximum Gasteiger partial charge on any atom is 0.145 e. The summed E-state index contributed by atoms with van der Waals surface area (Å²) in [5.74, 6) is 0. The molecule has 15 heavy (non-hydrogen) atoms. The lowest BCUT2D eigenvalue weighted by molar-refractivity contribution is -0.110. The molecule has 0 aliphatic carbocycles. The summed E-state index contributed by atoms with van der Waals surface area (Å²) in [4.78, 5) is 8.92. The molecule has 0 amide bonds. The molecule has 0 unspecified atom stereocenters. The van der Waals surface area contributed by atoms with Crippen LogP contribution in [0.5, 0.6) is 0 Å². The van der Waals surface area contributed by atoms with Crippen LogP contribution in [0.4, 0.5) is 0 Å². The van der Waals surface area contributed by atoms with Crippen LogP contribution in [0.3, 0.4) is 0 Å². The van der Waals surface area contributed by atoms with Gasteiger partial charge in [-0.25, -0.2) is 0 Å². The second kappa shape index (κ2) is 13.1. The van der Waals surface area contributed by atoms with Gasteiger partial charge in [0.25, 0.3) is 0 Å². The van der Waals surface area contributed by atoms with Gasteiger partial charge in [0, 0.05) is 0 Å². The summed E-state index contributed by atoms with van der Waals surface area (Å²) in [5, 5.41) is 16.1. The lowest BCUT2D eigenvalue weighted by atomic mass is 10.1. The fraction of sp³-hybridized carbons (Fsp3) is 0.583. The van der Waals surface area contributed by atoms with Gasteiger partial charge < -0.3 is 15.0 Å². The summed E-state index contributed by atoms with van der Waals surface area (Å²) in [6.07, 6.45) is 6.66. The molecule has 0 heterocycles. The number of allylic oxidation sites excluding steroid dienone is 3. The zero-order valence-electron chi connectivity index (χ0n) is 9.86. The van der Waals surface area contributed by atoms with E-state index in [-0.39, 0.29) is 13.2 Å². The first-order valence-corrected chi connectivity index (χ1v) is 5.02. The highest BCUT2D eigenvalue weighted by molar-refractivity contribution is 5.49. The molecule has 88 valence electrons. The van der Waals surface area contributed by atoms with Gasteiger partial charge in [-0.15, -0.1) is 0 Å². The molecule has 0 saturated heterocycles. The molecule has 2 N–H and O–H groups in total. The van der Waals surface area contributed by atoms with Crippen LogP contribution in [0.2, 0.25) is 0 Å². The van der Waals surface area contributed by atoms with Crippen molar-refractivity contribution in [2.45, 2.75) is 33.6 Å². The van der Waals surface area contributed by atoms with Crippen LogP contribution in [0, 0.1) is 0 Å². The number of aldehydes is 1. The number of hydrogen-bond acceptors (Lipinski definition) is 3. The van der Waals surface area contributed by atoms with E-state index < -0.39 is 0 Å². The highest BCUT2D eigenvalue weighted by atomic mass is 16.3. The van der Waals surface area contributed by atoms with Gasteiger partial charge in [0.15, 0.2) is 0 Å². The molecule has 0 radical (unpaired) electrons. The lowest BCUT2D eigenvalue weighted by Crippen LogP contribution is -1.80. The fourth-order valence-corrected chi connectivity index (χ4v) is 0.846. The van der Waals surface area contributed by atoms with Crippen molar-refractivity contribution < 1.29 is 15.0 Å². The van der Waals surface area contributed by atoms with Crippen molar-refractivity contribution in [2.75, 3.05) is 13.2 Å². The number of rotatable bonds is 5. The third-order valence-corrected chi connectivity index (χ3v) is 1.61. The number of aliphatic hydroxyl groups excluding tert-OH is 2. The van der Waals surface area contributed by atoms with Crippen molar-refractivity contribution in [2.24, 2.45) is 0 Å². The Morgan fingerprint density at radius 3 is 1.93 bits per heavy atom. The van der Waals surface area contributed by atoms with E-state index >= 15 is 0 Å². The summed E-state index contributed by atoms with van der Waals surface area (Å²) in [7, 11) is 0. The van der Waals surface area contributed by atoms with Gasteiger partial charge in [0.2, 0.25) is 0 Å². The number of aliphatic hydroxyl groups is 2. The molecular weight excluding hydrogens is 192 g/mol. The van der Waals surface area contributed by atoms with Crippen molar-refractivity contribution in [3.63, 3.8) is 0 Å². The quantitative estimate of drug-likeness (QED) is 0.542. The Hall–Kier alpha value is -0.930. The molecular formula is C12H22O3. The van der Waals surface area contributed by atoms with Crippen molar-refractivity contribution in [1.82, 2.24) is 0 Å². The second-order valence-electron chi connectivity index (χ2n) is 3.40. The van der Waals surface area contributed by atoms with Gasteiger partial charge in [0.1, 0.15) is 6.29 Å². The average molecular weight is 214 g/mol. The van der Waals surface area contributed by atoms with E-state index in [0.717, 1.165) is 12.8 Å². The zero-order valence-corrected chi connectivity index (χ0v) is 9.86. The Bertz CT molecular complexity index is 201. The topological polar surface area (TPSA) is 57.5 Å². The summed E-state index contributed by atoms with van der Waals surface area (Å²) >= 11 is 0. The molecule has 0 spiro atoms. The maximum atomic E-state index is 8.92. The minimum Gasteiger partial charge on any atom is -0.392 e. The van der Waals surface area contributed by atoms with Gasteiger partial charge in [-0.2, -0.15) is 0 Å². The van der Waals surface area contributed by atoms with Gasteiger partial charge in [0.05, 0.1) is 13.2 Å². The van der Waals surface area contributed by atoms with E-state index in [1.54, 1.807) is 0 Å². The predicted molar refractivity (Wildman–Crippen MR) is 62.7 cm³/mol. The van der Waals surface area contributed by atoms with E-state index in [1.807, 2.05) is 6.08 Å². The maximum absolute atomic E-state index is 8.92. The molecule has 0 saturated carbocycles. The Labute approximate surface area is 92.1 Å². The lowest BCUT2D eigenvalue weighted by Gasteiger charge is -1.96. The number of carbonyl (C=O) groups is 1. The Kier molecular flexibility index (Phi) is 14.4. The number of carbonyl (C=O) groups excluding carboxylic acids is 1. The third-order valence-electron chi connectivity index (χ3n) is 1.61. The van der Waals surface area contributed by atoms with Crippen molar-refractivity contribution in [1.29, 1.82) is 0 Å². The normalized spacial score (nSPS) is 10.1. The molecule has 0 atom stereocenters. The van der Waals surface area contributed by atoms with Gasteiger partial charge in [-0.3, -0.25) is 0 Å². The largest absolute Gasteiger partial charge is 0.392 e. The van der Waals surface area contributed by atoms with Crippen LogP contribution in [-0.2, 0) is 4.79 Å². The first-order valence-electron chi connectivity index (χ1n) is 5.02. The summed E-state index contributed by atoms with van der Waals surface area (Å²) in [5.41, 5.74) is 2.63. The minimum atomic E-state index is -0.361. The highest BCUT2D eigenvalue weighted by Crippen LogP contribution is 2.05. The van der Waals surface area contributed by atoms with E-state index in [2.05, 4.69) is 26.8 Å². The smallest absolute Gasteiger partial charge is 0.145 e. The minimum absolute atomic E-state index is 0.167. The van der Waals surface area contributed by atoms with Crippen LogP contribution in [-0.4, -0.2) is 29.7 Å². The molecule has 0 aromatic carbocycles. The van der Waals surface area contributed by atoms with Crippen LogP contribution in [0.25, 0.3) is 0 Å². The van der Waals surface area contributed by atoms with Crippen LogP contribution in [0.1, 0.15) is 33.6 Å². The van der Waals surface area contributed by atoms with E-state index in [4.69, 9.17) is 15.0 Å². The monoisotopic (exact) mass is 214 g/mol. The van der Waals surface area contributed by atoms with Crippen molar-refractivity contribution in [3.8, 4) is 0 Å². The zero-order chi connectivity index (χ0) is 12.1. The molecule has 0 aliphatic heterocycles. The van der Waals surface area contributed by atoms with E-state index in [9.17, 15) is 0 Å². The van der Waals surface area contributed by atoms with E-state index in [0.29, 0.717) is 6.29 Å². The Morgan fingerprint density at radius 1 is 1.07 bits per heavy atom. The SMILES string of the molecule is CC(C)=CCC/C(C)=C/CO.O=CCO. The number of hydrogen-bond donors (Lipinski definition) is 2. The average Bonchev–Trinajstić information content (AvgIpc) is 2.18. The second-order valence-corrected chi connectivity index (χ2v) is 3.40.